The van der Waals surface area contributed by atoms with E-state index in [1.54, 1.807) is 12.3 Å². The molecule has 0 radical (unpaired) electrons. The van der Waals surface area contributed by atoms with Gasteiger partial charge in [-0.2, -0.15) is 13.2 Å². The van der Waals surface area contributed by atoms with Crippen molar-refractivity contribution in [2.24, 2.45) is 0 Å². The number of halogens is 3. The summed E-state index contributed by atoms with van der Waals surface area (Å²) in [5.41, 5.74) is 0.480. The lowest BCUT2D eigenvalue weighted by molar-refractivity contribution is -0.153. The van der Waals surface area contributed by atoms with E-state index < -0.39 is 12.8 Å². The molecule has 0 unspecified atom stereocenters. The highest BCUT2D eigenvalue weighted by Crippen LogP contribution is 2.27. The molecule has 5 nitrogen and oxygen atoms in total. The summed E-state index contributed by atoms with van der Waals surface area (Å²) in [4.78, 5) is 21.9. The van der Waals surface area contributed by atoms with Gasteiger partial charge in [-0.1, -0.05) is 6.92 Å². The summed E-state index contributed by atoms with van der Waals surface area (Å²) in [5.74, 6) is 0.829. The van der Waals surface area contributed by atoms with Crippen molar-refractivity contribution in [3.05, 3.63) is 42.4 Å². The van der Waals surface area contributed by atoms with Crippen molar-refractivity contribution in [3.8, 4) is 5.75 Å². The average Bonchev–Trinajstić information content (AvgIpc) is 2.54. The van der Waals surface area contributed by atoms with E-state index in [4.69, 9.17) is 0 Å². The minimum Gasteiger partial charge on any atom is -0.484 e. The molecule has 1 heterocycles. The summed E-state index contributed by atoms with van der Waals surface area (Å²) in [6.07, 6.45) is -1.27. The van der Waals surface area contributed by atoms with Gasteiger partial charge in [-0.3, -0.25) is 9.69 Å². The molecule has 25 heavy (non-hydrogen) atoms. The maximum Gasteiger partial charge on any atom is 0.422 e. The SMILES string of the molecule is CCCc1nccc(N(C(C)=O)c2ccc(OCC(F)(F)F)cc2)n1. The third-order valence-corrected chi connectivity index (χ3v) is 3.21. The van der Waals surface area contributed by atoms with Crippen LogP contribution in [0.3, 0.4) is 0 Å². The lowest BCUT2D eigenvalue weighted by atomic mass is 10.2. The van der Waals surface area contributed by atoms with Gasteiger partial charge in [0.05, 0.1) is 5.69 Å². The number of carbonyl (C=O) groups excluding carboxylic acids is 1. The second-order valence-corrected chi connectivity index (χ2v) is 5.33. The lowest BCUT2D eigenvalue weighted by Gasteiger charge is -2.21. The molecule has 0 bridgehead atoms. The number of hydrogen-bond donors (Lipinski definition) is 0. The zero-order chi connectivity index (χ0) is 18.4. The Balaban J connectivity index is 2.23. The minimum absolute atomic E-state index is 0.0685. The van der Waals surface area contributed by atoms with Crippen LogP contribution in [0.1, 0.15) is 26.1 Å². The number of aromatic nitrogens is 2. The fourth-order valence-corrected chi connectivity index (χ4v) is 2.19. The average molecular weight is 353 g/mol. The van der Waals surface area contributed by atoms with Crippen LogP contribution in [0.4, 0.5) is 24.7 Å². The second-order valence-electron chi connectivity index (χ2n) is 5.33. The molecule has 134 valence electrons. The van der Waals surface area contributed by atoms with E-state index in [1.807, 2.05) is 6.92 Å². The smallest absolute Gasteiger partial charge is 0.422 e. The molecule has 2 aromatic rings. The Labute approximate surface area is 143 Å². The van der Waals surface area contributed by atoms with Gasteiger partial charge in [0, 0.05) is 19.5 Å². The monoisotopic (exact) mass is 353 g/mol. The Hall–Kier alpha value is -2.64. The third kappa shape index (κ3) is 5.44. The standard InChI is InChI=1S/C17H18F3N3O2/c1-3-4-15-21-10-9-16(22-15)23(12(2)24)13-5-7-14(8-6-13)25-11-17(18,19)20/h5-10H,3-4,11H2,1-2H3. The Morgan fingerprint density at radius 3 is 2.44 bits per heavy atom. The number of nitrogens with zero attached hydrogens (tertiary/aromatic N) is 3. The van der Waals surface area contributed by atoms with Crippen LogP contribution < -0.4 is 9.64 Å². The fourth-order valence-electron chi connectivity index (χ4n) is 2.19. The van der Waals surface area contributed by atoms with Gasteiger partial charge in [-0.15, -0.1) is 0 Å². The summed E-state index contributed by atoms with van der Waals surface area (Å²) in [5, 5.41) is 0. The zero-order valence-electron chi connectivity index (χ0n) is 13.9. The third-order valence-electron chi connectivity index (χ3n) is 3.21. The van der Waals surface area contributed by atoms with Crippen molar-refractivity contribution >= 4 is 17.4 Å². The van der Waals surface area contributed by atoms with Gasteiger partial charge in [-0.25, -0.2) is 9.97 Å². The molecule has 1 aromatic carbocycles. The van der Waals surface area contributed by atoms with Gasteiger partial charge < -0.3 is 4.74 Å². The van der Waals surface area contributed by atoms with Crippen LogP contribution in [0.15, 0.2) is 36.5 Å². The quantitative estimate of drug-likeness (QED) is 0.786. The van der Waals surface area contributed by atoms with E-state index in [-0.39, 0.29) is 11.7 Å². The van der Waals surface area contributed by atoms with Gasteiger partial charge in [-0.05, 0) is 36.8 Å². The van der Waals surface area contributed by atoms with Crippen LogP contribution in [0.2, 0.25) is 0 Å². The highest BCUT2D eigenvalue weighted by Gasteiger charge is 2.28. The number of alkyl halides is 3. The highest BCUT2D eigenvalue weighted by molar-refractivity contribution is 5.98. The van der Waals surface area contributed by atoms with Crippen molar-refractivity contribution in [2.75, 3.05) is 11.5 Å². The molecule has 0 saturated carbocycles. The lowest BCUT2D eigenvalue weighted by Crippen LogP contribution is -2.24. The van der Waals surface area contributed by atoms with Crippen LogP contribution in [0.25, 0.3) is 0 Å². The molecule has 1 aromatic heterocycles. The number of rotatable bonds is 6. The highest BCUT2D eigenvalue weighted by atomic mass is 19.4. The molecule has 0 aliphatic rings. The van der Waals surface area contributed by atoms with Gasteiger partial charge in [0.2, 0.25) is 5.91 Å². The van der Waals surface area contributed by atoms with Crippen molar-refractivity contribution in [3.63, 3.8) is 0 Å². The summed E-state index contributed by atoms with van der Waals surface area (Å²) in [6.45, 7) is 2.02. The first-order valence-electron chi connectivity index (χ1n) is 7.72. The molecule has 8 heteroatoms. The zero-order valence-corrected chi connectivity index (χ0v) is 13.9. The van der Waals surface area contributed by atoms with Crippen LogP contribution in [-0.2, 0) is 11.2 Å². The van der Waals surface area contributed by atoms with E-state index in [1.165, 1.54) is 36.1 Å². The topological polar surface area (TPSA) is 55.3 Å². The van der Waals surface area contributed by atoms with Crippen molar-refractivity contribution in [1.82, 2.24) is 9.97 Å². The predicted molar refractivity (Wildman–Crippen MR) is 86.8 cm³/mol. The number of ether oxygens (including phenoxy) is 1. The first kappa shape index (κ1) is 18.7. The number of amides is 1. The number of hydrogen-bond acceptors (Lipinski definition) is 4. The van der Waals surface area contributed by atoms with Crippen molar-refractivity contribution < 1.29 is 22.7 Å². The Kier molecular flexibility index (Phi) is 5.95. The molecule has 2 rings (SSSR count). The predicted octanol–water partition coefficient (Wildman–Crippen LogP) is 4.05. The Morgan fingerprint density at radius 1 is 1.20 bits per heavy atom. The van der Waals surface area contributed by atoms with Gasteiger partial charge in [0.15, 0.2) is 6.61 Å². The van der Waals surface area contributed by atoms with E-state index in [0.717, 1.165) is 6.42 Å². The van der Waals surface area contributed by atoms with Crippen molar-refractivity contribution in [1.29, 1.82) is 0 Å². The molecular formula is C17H18F3N3O2. The molecule has 0 aliphatic carbocycles. The first-order valence-corrected chi connectivity index (χ1v) is 7.72. The molecule has 1 amide bonds. The van der Waals surface area contributed by atoms with E-state index >= 15 is 0 Å². The van der Waals surface area contributed by atoms with Crippen LogP contribution in [0, 0.1) is 0 Å². The molecule has 0 saturated heterocycles. The van der Waals surface area contributed by atoms with Gasteiger partial charge in [0.25, 0.3) is 0 Å². The van der Waals surface area contributed by atoms with Gasteiger partial charge in [0.1, 0.15) is 17.4 Å². The van der Waals surface area contributed by atoms with Crippen LogP contribution in [-0.4, -0.2) is 28.7 Å². The number of anilines is 2. The summed E-state index contributed by atoms with van der Waals surface area (Å²) in [6, 6.07) is 7.38. The first-order chi connectivity index (χ1) is 11.8. The van der Waals surface area contributed by atoms with Crippen LogP contribution >= 0.6 is 0 Å². The number of benzene rings is 1. The molecule has 0 atom stereocenters. The van der Waals surface area contributed by atoms with E-state index in [0.29, 0.717) is 23.8 Å². The summed E-state index contributed by atoms with van der Waals surface area (Å²) >= 11 is 0. The molecule has 0 fully saturated rings. The maximum absolute atomic E-state index is 12.2. The second kappa shape index (κ2) is 7.96. The summed E-state index contributed by atoms with van der Waals surface area (Å²) < 4.78 is 41.2. The minimum atomic E-state index is -4.40. The molecular weight excluding hydrogens is 335 g/mol. The van der Waals surface area contributed by atoms with Gasteiger partial charge >= 0.3 is 6.18 Å². The fraction of sp³-hybridized carbons (Fsp3) is 0.353. The molecule has 0 N–H and O–H groups in total. The largest absolute Gasteiger partial charge is 0.484 e. The van der Waals surface area contributed by atoms with E-state index in [2.05, 4.69) is 14.7 Å². The number of carbonyl (C=O) groups is 1. The van der Waals surface area contributed by atoms with Crippen LogP contribution in [0.5, 0.6) is 5.75 Å². The normalized spacial score (nSPS) is 11.2. The number of aryl methyl sites for hydroxylation is 1. The molecule has 0 spiro atoms. The molecule has 0 aliphatic heterocycles. The van der Waals surface area contributed by atoms with Crippen molar-refractivity contribution in [2.45, 2.75) is 32.9 Å². The Morgan fingerprint density at radius 2 is 1.88 bits per heavy atom. The summed E-state index contributed by atoms with van der Waals surface area (Å²) in [7, 11) is 0. The Bertz CT molecular complexity index is 718. The van der Waals surface area contributed by atoms with E-state index in [9.17, 15) is 18.0 Å². The maximum atomic E-state index is 12.2.